The minimum absolute atomic E-state index is 0. The lowest BCUT2D eigenvalue weighted by Crippen LogP contribution is -2.46. The van der Waals surface area contributed by atoms with E-state index in [-0.39, 0.29) is 35.6 Å². The quantitative estimate of drug-likeness (QED) is 0.506. The van der Waals surface area contributed by atoms with Crippen molar-refractivity contribution in [3.63, 3.8) is 0 Å². The van der Waals surface area contributed by atoms with Gasteiger partial charge in [-0.3, -0.25) is 20.6 Å². The number of nitrogens with zero attached hydrogens (tertiary/aromatic N) is 1. The predicted molar refractivity (Wildman–Crippen MR) is 65.0 cm³/mol. The van der Waals surface area contributed by atoms with Crippen LogP contribution < -0.4 is 16.2 Å². The zero-order chi connectivity index (χ0) is 9.80. The predicted octanol–water partition coefficient (Wildman–Crippen LogP) is 0.0912. The molecule has 0 saturated carbocycles. The van der Waals surface area contributed by atoms with Gasteiger partial charge in [0.2, 0.25) is 5.96 Å². The highest BCUT2D eigenvalue weighted by Gasteiger charge is 2.09. The van der Waals surface area contributed by atoms with Gasteiger partial charge in [0, 0.05) is 6.54 Å². The lowest BCUT2D eigenvalue weighted by molar-refractivity contribution is 0.0915. The Hall–Kier alpha value is -1.25. The molecule has 6 nitrogen and oxygen atoms in total. The van der Waals surface area contributed by atoms with Crippen molar-refractivity contribution in [2.45, 2.75) is 0 Å². The maximum atomic E-state index is 11.3. The van der Waals surface area contributed by atoms with Gasteiger partial charge in [0.25, 0.3) is 0 Å². The van der Waals surface area contributed by atoms with Gasteiger partial charge in [-0.05, 0) is 12.1 Å². The molecule has 1 aliphatic rings. The summed E-state index contributed by atoms with van der Waals surface area (Å²) in [7, 11) is 0. The molecule has 0 spiro atoms. The highest BCUT2D eigenvalue weighted by Crippen LogP contribution is 1.97. The van der Waals surface area contributed by atoms with Crippen LogP contribution in [0.1, 0.15) is 10.6 Å². The summed E-state index contributed by atoms with van der Waals surface area (Å²) in [5, 5.41) is 2.95. The van der Waals surface area contributed by atoms with Crippen molar-refractivity contribution in [2.75, 3.05) is 13.1 Å². The molecule has 1 aromatic rings. The summed E-state index contributed by atoms with van der Waals surface area (Å²) in [5.74, 6) is 0.507. The summed E-state index contributed by atoms with van der Waals surface area (Å²) in [4.78, 5) is 15.4. The number of guanidine groups is 1. The molecule has 0 bridgehead atoms. The number of rotatable bonds is 1. The summed E-state index contributed by atoms with van der Waals surface area (Å²) in [6.45, 7) is 1.51. The van der Waals surface area contributed by atoms with E-state index in [0.717, 1.165) is 13.1 Å². The fourth-order valence-electron chi connectivity index (χ4n) is 1.07. The third kappa shape index (κ3) is 3.11. The number of hydrazine groups is 1. The fraction of sp³-hybridized carbons (Fsp3) is 0.250. The third-order valence-electron chi connectivity index (χ3n) is 1.71. The number of carbonyl (C=O) groups excluding carboxylic acids is 1. The monoisotopic (exact) mass is 322 g/mol. The van der Waals surface area contributed by atoms with Crippen LogP contribution in [0.5, 0.6) is 0 Å². The Labute approximate surface area is 104 Å². The number of amides is 1. The van der Waals surface area contributed by atoms with E-state index in [4.69, 9.17) is 4.42 Å². The summed E-state index contributed by atoms with van der Waals surface area (Å²) < 4.78 is 4.90. The Bertz CT molecular complexity index is 350. The molecule has 2 heterocycles. The van der Waals surface area contributed by atoms with Crippen LogP contribution in [-0.4, -0.2) is 25.0 Å². The van der Waals surface area contributed by atoms with Gasteiger partial charge in [-0.1, -0.05) is 0 Å². The number of aliphatic imine (C=N–C) groups is 1. The van der Waals surface area contributed by atoms with Crippen LogP contribution in [0.2, 0.25) is 0 Å². The normalized spacial score (nSPS) is 13.5. The maximum absolute atomic E-state index is 11.3. The van der Waals surface area contributed by atoms with E-state index < -0.39 is 0 Å². The number of hydrogen-bond acceptors (Lipinski definition) is 5. The minimum Gasteiger partial charge on any atom is -0.459 e. The second-order valence-corrected chi connectivity index (χ2v) is 2.71. The molecule has 0 aromatic carbocycles. The van der Waals surface area contributed by atoms with E-state index in [2.05, 4.69) is 21.2 Å². The van der Waals surface area contributed by atoms with Crippen LogP contribution in [0.25, 0.3) is 0 Å². The highest BCUT2D eigenvalue weighted by atomic mass is 127. The van der Waals surface area contributed by atoms with Crippen LogP contribution >= 0.6 is 24.0 Å². The van der Waals surface area contributed by atoms with E-state index in [1.807, 2.05) is 0 Å². The van der Waals surface area contributed by atoms with E-state index in [1.165, 1.54) is 6.26 Å². The van der Waals surface area contributed by atoms with Gasteiger partial charge in [0.1, 0.15) is 0 Å². The molecule has 0 aliphatic carbocycles. The van der Waals surface area contributed by atoms with Crippen molar-refractivity contribution < 1.29 is 9.21 Å². The number of furan rings is 1. The lowest BCUT2D eigenvalue weighted by atomic mass is 10.4. The van der Waals surface area contributed by atoms with Gasteiger partial charge in [-0.25, -0.2) is 0 Å². The first kappa shape index (κ1) is 11.8. The van der Waals surface area contributed by atoms with Gasteiger partial charge in [0.15, 0.2) is 5.76 Å². The second-order valence-electron chi connectivity index (χ2n) is 2.71. The molecule has 0 radical (unpaired) electrons. The highest BCUT2D eigenvalue weighted by molar-refractivity contribution is 14.0. The van der Waals surface area contributed by atoms with Gasteiger partial charge in [0.05, 0.1) is 12.8 Å². The van der Waals surface area contributed by atoms with Gasteiger partial charge in [-0.2, -0.15) is 0 Å². The topological polar surface area (TPSA) is 78.7 Å². The number of nitrogens with one attached hydrogen (secondary N) is 3. The van der Waals surface area contributed by atoms with E-state index in [9.17, 15) is 4.79 Å². The third-order valence-corrected chi connectivity index (χ3v) is 1.71. The summed E-state index contributed by atoms with van der Waals surface area (Å²) in [5.41, 5.74) is 5.10. The van der Waals surface area contributed by atoms with Crippen molar-refractivity contribution in [2.24, 2.45) is 4.99 Å². The van der Waals surface area contributed by atoms with Crippen molar-refractivity contribution in [1.82, 2.24) is 16.2 Å². The molecule has 0 unspecified atom stereocenters. The zero-order valence-electron chi connectivity index (χ0n) is 7.82. The van der Waals surface area contributed by atoms with E-state index >= 15 is 0 Å². The Morgan fingerprint density at radius 1 is 1.60 bits per heavy atom. The van der Waals surface area contributed by atoms with Crippen LogP contribution in [0.4, 0.5) is 0 Å². The lowest BCUT2D eigenvalue weighted by Gasteiger charge is -2.06. The maximum Gasteiger partial charge on any atom is 0.305 e. The first-order valence-corrected chi connectivity index (χ1v) is 4.24. The van der Waals surface area contributed by atoms with E-state index in [0.29, 0.717) is 5.96 Å². The first-order valence-electron chi connectivity index (χ1n) is 4.24. The second kappa shape index (κ2) is 5.59. The minimum atomic E-state index is -0.327. The Balaban J connectivity index is 0.00000112. The van der Waals surface area contributed by atoms with Crippen LogP contribution in [-0.2, 0) is 0 Å². The summed E-state index contributed by atoms with van der Waals surface area (Å²) >= 11 is 0. The number of carbonyl (C=O) groups is 1. The molecule has 1 aromatic heterocycles. The first-order chi connectivity index (χ1) is 6.86. The molecule has 0 atom stereocenters. The standard InChI is InChI=1S/C8H10N4O2.HI/c13-7(6-2-1-5-14-6)11-12-8-9-3-4-10-8;/h1-2,5H,3-4H2,(H,11,13)(H2,9,10,12);1H. The summed E-state index contributed by atoms with van der Waals surface area (Å²) in [6, 6.07) is 3.24. The molecule has 0 saturated heterocycles. The van der Waals surface area contributed by atoms with Crippen molar-refractivity contribution in [1.29, 1.82) is 0 Å². The van der Waals surface area contributed by atoms with Gasteiger partial charge < -0.3 is 9.73 Å². The largest absolute Gasteiger partial charge is 0.459 e. The average molecular weight is 322 g/mol. The molecule has 7 heteroatoms. The number of hydrogen-bond donors (Lipinski definition) is 3. The number of halogens is 1. The summed E-state index contributed by atoms with van der Waals surface area (Å²) in [6.07, 6.45) is 1.44. The van der Waals surface area contributed by atoms with E-state index in [1.54, 1.807) is 12.1 Å². The smallest absolute Gasteiger partial charge is 0.305 e. The van der Waals surface area contributed by atoms with Crippen molar-refractivity contribution in [3.8, 4) is 0 Å². The zero-order valence-corrected chi connectivity index (χ0v) is 10.1. The Kier molecular flexibility index (Phi) is 4.40. The Morgan fingerprint density at radius 3 is 3.07 bits per heavy atom. The van der Waals surface area contributed by atoms with Gasteiger partial charge >= 0.3 is 5.91 Å². The molecular weight excluding hydrogens is 311 g/mol. The molecule has 2 rings (SSSR count). The fourth-order valence-corrected chi connectivity index (χ4v) is 1.07. The molecule has 1 aliphatic heterocycles. The van der Waals surface area contributed by atoms with Crippen LogP contribution in [0.15, 0.2) is 27.8 Å². The molecule has 82 valence electrons. The average Bonchev–Trinajstić information content (AvgIpc) is 2.87. The molecule has 0 fully saturated rings. The molecule has 1 amide bonds. The van der Waals surface area contributed by atoms with Crippen molar-refractivity contribution in [3.05, 3.63) is 24.2 Å². The molecule has 15 heavy (non-hydrogen) atoms. The van der Waals surface area contributed by atoms with Crippen LogP contribution in [0, 0.1) is 0 Å². The SMILES string of the molecule is I.O=C(NNC1=NCCN1)c1ccco1. The molecular formula is C8H11IN4O2. The van der Waals surface area contributed by atoms with Crippen LogP contribution in [0.3, 0.4) is 0 Å². The molecule has 3 N–H and O–H groups in total. The van der Waals surface area contributed by atoms with Gasteiger partial charge in [-0.15, -0.1) is 24.0 Å². The Morgan fingerprint density at radius 2 is 2.47 bits per heavy atom. The van der Waals surface area contributed by atoms with Crippen molar-refractivity contribution >= 4 is 35.8 Å².